The Morgan fingerprint density at radius 3 is 2.81 bits per heavy atom. The van der Waals surface area contributed by atoms with Gasteiger partial charge >= 0.3 is 0 Å². The Kier molecular flexibility index (Phi) is 4.51. The first kappa shape index (κ1) is 16.1. The van der Waals surface area contributed by atoms with Crippen LogP contribution in [-0.4, -0.2) is 46.5 Å². The second-order valence-electron chi connectivity index (χ2n) is 6.21. The molecule has 0 amide bonds. The summed E-state index contributed by atoms with van der Waals surface area (Å²) in [5.41, 5.74) is 8.29. The van der Waals surface area contributed by atoms with Crippen molar-refractivity contribution in [2.75, 3.05) is 24.6 Å². The van der Waals surface area contributed by atoms with E-state index in [1.54, 1.807) is 0 Å². The third-order valence-electron chi connectivity index (χ3n) is 3.56. The van der Waals surface area contributed by atoms with Gasteiger partial charge in [-0.1, -0.05) is 12.2 Å². The van der Waals surface area contributed by atoms with Crippen LogP contribution in [0.1, 0.15) is 30.7 Å². The van der Waals surface area contributed by atoms with Crippen molar-refractivity contribution >= 4 is 23.0 Å². The van der Waals surface area contributed by atoms with E-state index in [2.05, 4.69) is 9.88 Å². The van der Waals surface area contributed by atoms with Gasteiger partial charge in [0.1, 0.15) is 10.8 Å². The minimum Gasteiger partial charge on any atom is -0.394 e. The van der Waals surface area contributed by atoms with E-state index < -0.39 is 0 Å². The fraction of sp³-hybridized carbons (Fsp3) is 0.600. The van der Waals surface area contributed by atoms with E-state index in [-0.39, 0.29) is 18.3 Å². The zero-order valence-electron chi connectivity index (χ0n) is 13.0. The molecule has 116 valence electrons. The second-order valence-corrected chi connectivity index (χ2v) is 6.65. The molecular weight excluding hydrogens is 286 g/mol. The summed E-state index contributed by atoms with van der Waals surface area (Å²) >= 11 is 5.20. The molecule has 1 aliphatic rings. The van der Waals surface area contributed by atoms with Crippen LogP contribution in [0.5, 0.6) is 0 Å². The standard InChI is InChI=1S/C15H23N3O2S/c1-9-5-10(2)17-14(12(9)13(16)21)18-6-11(7-19)20-15(3,4)8-18/h5,11,19H,6-8H2,1-4H3,(H2,16,21). The van der Waals surface area contributed by atoms with Crippen LogP contribution in [0, 0.1) is 13.8 Å². The number of nitrogens with two attached hydrogens (primary N) is 1. The molecule has 1 aliphatic heterocycles. The number of pyridine rings is 1. The highest BCUT2D eigenvalue weighted by Crippen LogP contribution is 2.29. The van der Waals surface area contributed by atoms with Crippen molar-refractivity contribution < 1.29 is 9.84 Å². The number of nitrogens with zero attached hydrogens (tertiary/aromatic N) is 2. The lowest BCUT2D eigenvalue weighted by molar-refractivity contribution is -0.101. The van der Waals surface area contributed by atoms with Crippen LogP contribution in [0.3, 0.4) is 0 Å². The maximum Gasteiger partial charge on any atom is 0.139 e. The minimum absolute atomic E-state index is 0.0207. The Hall–Kier alpha value is -1.24. The van der Waals surface area contributed by atoms with Gasteiger partial charge in [0.25, 0.3) is 0 Å². The van der Waals surface area contributed by atoms with Crippen molar-refractivity contribution in [1.82, 2.24) is 4.98 Å². The van der Waals surface area contributed by atoms with E-state index in [1.807, 2.05) is 33.8 Å². The van der Waals surface area contributed by atoms with Gasteiger partial charge in [-0.15, -0.1) is 0 Å². The molecule has 0 aromatic carbocycles. The monoisotopic (exact) mass is 309 g/mol. The minimum atomic E-state index is -0.363. The number of hydrogen-bond acceptors (Lipinski definition) is 5. The lowest BCUT2D eigenvalue weighted by atomic mass is 10.0. The zero-order valence-corrected chi connectivity index (χ0v) is 13.8. The van der Waals surface area contributed by atoms with Gasteiger partial charge in [0.2, 0.25) is 0 Å². The fourth-order valence-electron chi connectivity index (χ4n) is 2.90. The van der Waals surface area contributed by atoms with Gasteiger partial charge in [0.05, 0.1) is 23.9 Å². The van der Waals surface area contributed by atoms with Gasteiger partial charge in [0.15, 0.2) is 0 Å². The molecule has 0 spiro atoms. The first-order valence-corrected chi connectivity index (χ1v) is 7.46. The molecule has 0 saturated carbocycles. The molecule has 6 heteroatoms. The van der Waals surface area contributed by atoms with Crippen LogP contribution in [0.25, 0.3) is 0 Å². The highest BCUT2D eigenvalue weighted by Gasteiger charge is 2.35. The largest absolute Gasteiger partial charge is 0.394 e. The molecule has 1 fully saturated rings. The summed E-state index contributed by atoms with van der Waals surface area (Å²) in [7, 11) is 0. The zero-order chi connectivity index (χ0) is 15.8. The van der Waals surface area contributed by atoms with Crippen LogP contribution in [0.4, 0.5) is 5.82 Å². The molecule has 2 rings (SSSR count). The first-order chi connectivity index (χ1) is 9.73. The summed E-state index contributed by atoms with van der Waals surface area (Å²) in [4.78, 5) is 7.09. The van der Waals surface area contributed by atoms with Gasteiger partial charge in [0, 0.05) is 18.8 Å². The van der Waals surface area contributed by atoms with Crippen molar-refractivity contribution in [2.24, 2.45) is 5.73 Å². The summed E-state index contributed by atoms with van der Waals surface area (Å²) in [6, 6.07) is 1.98. The third kappa shape index (κ3) is 3.51. The molecule has 1 aromatic heterocycles. The Labute approximate surface area is 131 Å². The molecule has 1 aromatic rings. The van der Waals surface area contributed by atoms with E-state index >= 15 is 0 Å². The molecule has 0 aliphatic carbocycles. The normalized spacial score (nSPS) is 21.4. The van der Waals surface area contributed by atoms with Crippen molar-refractivity contribution in [1.29, 1.82) is 0 Å². The molecule has 1 saturated heterocycles. The van der Waals surface area contributed by atoms with E-state index in [9.17, 15) is 5.11 Å². The third-order valence-corrected chi connectivity index (χ3v) is 3.76. The lowest BCUT2D eigenvalue weighted by Gasteiger charge is -2.43. The Morgan fingerprint density at radius 2 is 2.24 bits per heavy atom. The van der Waals surface area contributed by atoms with Gasteiger partial charge in [-0.05, 0) is 39.3 Å². The summed E-state index contributed by atoms with van der Waals surface area (Å²) in [6.45, 7) is 9.18. The van der Waals surface area contributed by atoms with Crippen molar-refractivity contribution in [3.8, 4) is 0 Å². The second kappa shape index (κ2) is 5.87. The molecule has 0 bridgehead atoms. The Morgan fingerprint density at radius 1 is 1.57 bits per heavy atom. The quantitative estimate of drug-likeness (QED) is 0.820. The average molecular weight is 309 g/mol. The van der Waals surface area contributed by atoms with E-state index in [0.717, 1.165) is 22.6 Å². The Balaban J connectivity index is 2.47. The van der Waals surface area contributed by atoms with Gasteiger partial charge in [-0.2, -0.15) is 0 Å². The topological polar surface area (TPSA) is 71.6 Å². The number of ether oxygens (including phenoxy) is 1. The number of aliphatic hydroxyl groups excluding tert-OH is 1. The highest BCUT2D eigenvalue weighted by molar-refractivity contribution is 7.80. The number of anilines is 1. The average Bonchev–Trinajstić information content (AvgIpc) is 2.35. The number of hydrogen-bond donors (Lipinski definition) is 2. The first-order valence-electron chi connectivity index (χ1n) is 7.05. The molecule has 0 radical (unpaired) electrons. The number of thiocarbonyl (C=S) groups is 1. The maximum absolute atomic E-state index is 9.45. The predicted octanol–water partition coefficient (Wildman–Crippen LogP) is 1.31. The van der Waals surface area contributed by atoms with Crippen LogP contribution < -0.4 is 10.6 Å². The number of aliphatic hydroxyl groups is 1. The Bertz CT molecular complexity index is 560. The molecular formula is C15H23N3O2S. The number of rotatable bonds is 3. The summed E-state index contributed by atoms with van der Waals surface area (Å²) in [6.07, 6.45) is -0.240. The van der Waals surface area contributed by atoms with Crippen molar-refractivity contribution in [3.63, 3.8) is 0 Å². The number of aromatic nitrogens is 1. The lowest BCUT2D eigenvalue weighted by Crippen LogP contribution is -2.54. The number of morpholine rings is 1. The van der Waals surface area contributed by atoms with Gasteiger partial charge < -0.3 is 20.5 Å². The highest BCUT2D eigenvalue weighted by atomic mass is 32.1. The SMILES string of the molecule is Cc1cc(C)c(C(N)=S)c(N2CC(CO)OC(C)(C)C2)n1. The van der Waals surface area contributed by atoms with Gasteiger partial charge in [-0.3, -0.25) is 0 Å². The number of aryl methyl sites for hydroxylation is 2. The maximum atomic E-state index is 9.45. The van der Waals surface area contributed by atoms with Crippen LogP contribution in [0.2, 0.25) is 0 Å². The summed E-state index contributed by atoms with van der Waals surface area (Å²) in [5.74, 6) is 0.787. The smallest absolute Gasteiger partial charge is 0.139 e. The molecule has 21 heavy (non-hydrogen) atoms. The molecule has 3 N–H and O–H groups in total. The van der Waals surface area contributed by atoms with Crippen LogP contribution in [0.15, 0.2) is 6.07 Å². The van der Waals surface area contributed by atoms with Crippen LogP contribution >= 0.6 is 12.2 Å². The summed E-state index contributed by atoms with van der Waals surface area (Å²) < 4.78 is 5.85. The van der Waals surface area contributed by atoms with Crippen molar-refractivity contribution in [3.05, 3.63) is 22.9 Å². The molecule has 1 unspecified atom stereocenters. The fourth-order valence-corrected chi connectivity index (χ4v) is 3.15. The van der Waals surface area contributed by atoms with Crippen molar-refractivity contribution in [2.45, 2.75) is 39.4 Å². The summed E-state index contributed by atoms with van der Waals surface area (Å²) in [5, 5.41) is 9.45. The predicted molar refractivity (Wildman–Crippen MR) is 87.8 cm³/mol. The van der Waals surface area contributed by atoms with Gasteiger partial charge in [-0.25, -0.2) is 4.98 Å². The van der Waals surface area contributed by atoms with Crippen LogP contribution in [-0.2, 0) is 4.74 Å². The molecule has 5 nitrogen and oxygen atoms in total. The molecule has 1 atom stereocenters. The van der Waals surface area contributed by atoms with E-state index in [4.69, 9.17) is 22.7 Å². The van der Waals surface area contributed by atoms with E-state index in [1.165, 1.54) is 0 Å². The molecule has 2 heterocycles. The van der Waals surface area contributed by atoms with E-state index in [0.29, 0.717) is 18.1 Å².